The molecule has 150 valence electrons. The van der Waals surface area contributed by atoms with Crippen molar-refractivity contribution in [3.05, 3.63) is 113 Å². The number of para-hydroxylation sites is 1. The summed E-state index contributed by atoms with van der Waals surface area (Å²) in [6, 6.07) is 28.1. The van der Waals surface area contributed by atoms with Crippen LogP contribution in [0.2, 0.25) is 0 Å². The van der Waals surface area contributed by atoms with E-state index in [0.717, 1.165) is 28.6 Å². The normalized spacial score (nSPS) is 11.6. The van der Waals surface area contributed by atoms with Gasteiger partial charge in [-0.05, 0) is 42.7 Å². The average Bonchev–Trinajstić information content (AvgIpc) is 3.20. The van der Waals surface area contributed by atoms with Gasteiger partial charge in [0.2, 0.25) is 0 Å². The minimum Gasteiger partial charge on any atom is -0.361 e. The molecular weight excluding hydrogens is 368 g/mol. The number of fused-ring (bicyclic) bond motifs is 1. The highest BCUT2D eigenvalue weighted by molar-refractivity contribution is 5.94. The molecule has 1 N–H and O–H groups in total. The van der Waals surface area contributed by atoms with E-state index in [2.05, 4.69) is 54.5 Å². The number of hydrogen-bond acceptors (Lipinski definition) is 1. The smallest absolute Gasteiger partial charge is 0.254 e. The number of rotatable bonds is 7. The van der Waals surface area contributed by atoms with Gasteiger partial charge >= 0.3 is 0 Å². The number of hydrogen-bond donors (Lipinski definition) is 1. The van der Waals surface area contributed by atoms with E-state index in [0.29, 0.717) is 13.1 Å². The van der Waals surface area contributed by atoms with Crippen LogP contribution >= 0.6 is 0 Å². The zero-order valence-electron chi connectivity index (χ0n) is 17.2. The molecule has 0 aliphatic rings. The molecule has 30 heavy (non-hydrogen) atoms. The van der Waals surface area contributed by atoms with Crippen molar-refractivity contribution in [1.82, 2.24) is 9.88 Å². The van der Waals surface area contributed by atoms with Gasteiger partial charge in [-0.2, -0.15) is 0 Å². The maximum absolute atomic E-state index is 13.2. The fourth-order valence-corrected chi connectivity index (χ4v) is 3.79. The highest BCUT2D eigenvalue weighted by atomic mass is 16.2. The van der Waals surface area contributed by atoms with Gasteiger partial charge in [0.05, 0.1) is 0 Å². The number of aromatic nitrogens is 1. The van der Waals surface area contributed by atoms with Gasteiger partial charge in [-0.15, -0.1) is 0 Å². The molecule has 3 aromatic carbocycles. The van der Waals surface area contributed by atoms with Crippen LogP contribution < -0.4 is 0 Å². The molecule has 3 nitrogen and oxygen atoms in total. The van der Waals surface area contributed by atoms with Crippen molar-refractivity contribution in [2.75, 3.05) is 13.1 Å². The summed E-state index contributed by atoms with van der Waals surface area (Å²) in [5, 5.41) is 1.22. The van der Waals surface area contributed by atoms with Crippen LogP contribution in [0.3, 0.4) is 0 Å². The molecule has 0 fully saturated rings. The topological polar surface area (TPSA) is 36.1 Å². The van der Waals surface area contributed by atoms with Crippen molar-refractivity contribution in [3.8, 4) is 0 Å². The van der Waals surface area contributed by atoms with E-state index in [1.165, 1.54) is 10.9 Å². The van der Waals surface area contributed by atoms with Crippen molar-refractivity contribution >= 4 is 22.9 Å². The molecule has 1 aromatic heterocycles. The Morgan fingerprint density at radius 3 is 2.33 bits per heavy atom. The molecule has 0 radical (unpaired) electrons. The molecule has 0 bridgehead atoms. The number of benzene rings is 3. The predicted octanol–water partition coefficient (Wildman–Crippen LogP) is 5.96. The van der Waals surface area contributed by atoms with Gasteiger partial charge in [-0.25, -0.2) is 0 Å². The Morgan fingerprint density at radius 2 is 1.57 bits per heavy atom. The van der Waals surface area contributed by atoms with Gasteiger partial charge in [0.1, 0.15) is 0 Å². The molecule has 0 saturated heterocycles. The first-order chi connectivity index (χ1) is 14.7. The molecule has 0 unspecified atom stereocenters. The SMILES string of the molecule is C/C(=C\c1ccccc1)CN(CCc1c[nH]c2ccccc12)C(=O)c1ccccc1. The van der Waals surface area contributed by atoms with Crippen LogP contribution in [0.5, 0.6) is 0 Å². The van der Waals surface area contributed by atoms with Crippen molar-refractivity contribution < 1.29 is 4.79 Å². The second-order valence-corrected chi connectivity index (χ2v) is 7.60. The van der Waals surface area contributed by atoms with Crippen LogP contribution in [-0.2, 0) is 6.42 Å². The van der Waals surface area contributed by atoms with E-state index in [-0.39, 0.29) is 5.91 Å². The Labute approximate surface area is 177 Å². The summed E-state index contributed by atoms with van der Waals surface area (Å²) in [5.41, 5.74) is 5.40. The number of aromatic amines is 1. The van der Waals surface area contributed by atoms with Gasteiger partial charge < -0.3 is 9.88 Å². The summed E-state index contributed by atoms with van der Waals surface area (Å²) in [6.07, 6.45) is 5.01. The highest BCUT2D eigenvalue weighted by Gasteiger charge is 2.16. The third-order valence-corrected chi connectivity index (χ3v) is 5.29. The lowest BCUT2D eigenvalue weighted by Crippen LogP contribution is -2.34. The number of H-pyrrole nitrogens is 1. The van der Waals surface area contributed by atoms with Crippen LogP contribution in [0.1, 0.15) is 28.4 Å². The largest absolute Gasteiger partial charge is 0.361 e. The maximum atomic E-state index is 13.2. The Hall–Kier alpha value is -3.59. The minimum atomic E-state index is 0.0660. The molecule has 3 heteroatoms. The average molecular weight is 395 g/mol. The lowest BCUT2D eigenvalue weighted by Gasteiger charge is -2.23. The summed E-state index contributed by atoms with van der Waals surface area (Å²) in [7, 11) is 0. The third kappa shape index (κ3) is 4.69. The Kier molecular flexibility index (Phi) is 6.09. The first-order valence-electron chi connectivity index (χ1n) is 10.3. The number of amides is 1. The molecule has 0 aliphatic heterocycles. The fourth-order valence-electron chi connectivity index (χ4n) is 3.79. The second kappa shape index (κ2) is 9.27. The van der Waals surface area contributed by atoms with E-state index in [1.807, 2.05) is 59.5 Å². The second-order valence-electron chi connectivity index (χ2n) is 7.60. The standard InChI is InChI=1S/C27H26N2O/c1-21(18-22-10-4-2-5-11-22)20-29(27(30)23-12-6-3-7-13-23)17-16-24-19-28-26-15-9-8-14-25(24)26/h2-15,18-19,28H,16-17,20H2,1H3/b21-18+. The Balaban J connectivity index is 1.55. The number of carbonyl (C=O) groups excluding carboxylic acids is 1. The van der Waals surface area contributed by atoms with Crippen LogP contribution in [-0.4, -0.2) is 28.9 Å². The number of carbonyl (C=O) groups is 1. The van der Waals surface area contributed by atoms with Crippen LogP contribution in [0, 0.1) is 0 Å². The van der Waals surface area contributed by atoms with Crippen molar-refractivity contribution in [3.63, 3.8) is 0 Å². The van der Waals surface area contributed by atoms with Crippen molar-refractivity contribution in [2.45, 2.75) is 13.3 Å². The van der Waals surface area contributed by atoms with E-state index in [4.69, 9.17) is 0 Å². The van der Waals surface area contributed by atoms with E-state index in [1.54, 1.807) is 0 Å². The van der Waals surface area contributed by atoms with Gasteiger partial charge in [0.25, 0.3) is 5.91 Å². The number of nitrogens with one attached hydrogen (secondary N) is 1. The molecule has 1 amide bonds. The van der Waals surface area contributed by atoms with E-state index < -0.39 is 0 Å². The Morgan fingerprint density at radius 1 is 0.900 bits per heavy atom. The van der Waals surface area contributed by atoms with E-state index >= 15 is 0 Å². The zero-order valence-corrected chi connectivity index (χ0v) is 17.2. The van der Waals surface area contributed by atoms with Crippen LogP contribution in [0.25, 0.3) is 17.0 Å². The van der Waals surface area contributed by atoms with Gasteiger partial charge in [-0.3, -0.25) is 4.79 Å². The molecule has 4 aromatic rings. The maximum Gasteiger partial charge on any atom is 0.254 e. The number of nitrogens with zero attached hydrogens (tertiary/aromatic N) is 1. The molecule has 0 aliphatic carbocycles. The predicted molar refractivity (Wildman–Crippen MR) is 124 cm³/mol. The fraction of sp³-hybridized carbons (Fsp3) is 0.148. The van der Waals surface area contributed by atoms with Gasteiger partial charge in [-0.1, -0.05) is 78.4 Å². The molecule has 0 atom stereocenters. The van der Waals surface area contributed by atoms with Crippen molar-refractivity contribution in [2.24, 2.45) is 0 Å². The zero-order chi connectivity index (χ0) is 20.8. The molecule has 0 saturated carbocycles. The quantitative estimate of drug-likeness (QED) is 0.413. The van der Waals surface area contributed by atoms with Gasteiger partial charge in [0.15, 0.2) is 0 Å². The van der Waals surface area contributed by atoms with E-state index in [9.17, 15) is 4.79 Å². The lowest BCUT2D eigenvalue weighted by molar-refractivity contribution is 0.0772. The summed E-state index contributed by atoms with van der Waals surface area (Å²) in [5.74, 6) is 0.0660. The lowest BCUT2D eigenvalue weighted by atomic mass is 10.1. The molecular formula is C27H26N2O. The summed E-state index contributed by atoms with van der Waals surface area (Å²) in [6.45, 7) is 3.35. The summed E-state index contributed by atoms with van der Waals surface area (Å²) < 4.78 is 0. The Bertz CT molecular complexity index is 1140. The van der Waals surface area contributed by atoms with Crippen LogP contribution in [0.15, 0.2) is 96.7 Å². The van der Waals surface area contributed by atoms with Crippen LogP contribution in [0.4, 0.5) is 0 Å². The minimum absolute atomic E-state index is 0.0660. The summed E-state index contributed by atoms with van der Waals surface area (Å²) in [4.78, 5) is 18.5. The highest BCUT2D eigenvalue weighted by Crippen LogP contribution is 2.19. The first kappa shape index (κ1) is 19.7. The molecule has 1 heterocycles. The molecule has 0 spiro atoms. The van der Waals surface area contributed by atoms with Crippen molar-refractivity contribution in [1.29, 1.82) is 0 Å². The third-order valence-electron chi connectivity index (χ3n) is 5.29. The summed E-state index contributed by atoms with van der Waals surface area (Å²) >= 11 is 0. The van der Waals surface area contributed by atoms with Gasteiger partial charge in [0, 0.05) is 35.8 Å². The molecule has 4 rings (SSSR count). The first-order valence-corrected chi connectivity index (χ1v) is 10.3. The monoisotopic (exact) mass is 394 g/mol.